The third kappa shape index (κ3) is 3.69. The Morgan fingerprint density at radius 3 is 2.13 bits per heavy atom. The first kappa shape index (κ1) is 15.1. The van der Waals surface area contributed by atoms with Crippen molar-refractivity contribution in [2.75, 3.05) is 5.32 Å². The largest absolute Gasteiger partial charge is 0.469 e. The molecule has 0 radical (unpaired) electrons. The zero-order chi connectivity index (χ0) is 16.2. The summed E-state index contributed by atoms with van der Waals surface area (Å²) in [5, 5.41) is 2.79. The monoisotopic (exact) mass is 305 g/mol. The van der Waals surface area contributed by atoms with Gasteiger partial charge in [-0.15, -0.1) is 0 Å². The summed E-state index contributed by atoms with van der Waals surface area (Å²) in [6.07, 6.45) is 2.73. The summed E-state index contributed by atoms with van der Waals surface area (Å²) < 4.78 is 5.06. The zero-order valence-corrected chi connectivity index (χ0v) is 13.3. The number of anilines is 1. The van der Waals surface area contributed by atoms with Crippen LogP contribution in [0.15, 0.2) is 65.3 Å². The quantitative estimate of drug-likeness (QED) is 0.581. The zero-order valence-electron chi connectivity index (χ0n) is 13.3. The molecule has 2 aliphatic rings. The number of furan rings is 1. The van der Waals surface area contributed by atoms with Gasteiger partial charge in [0.2, 0.25) is 0 Å². The average molecular weight is 305 g/mol. The molecule has 1 aromatic heterocycles. The van der Waals surface area contributed by atoms with Gasteiger partial charge in [0.1, 0.15) is 5.76 Å². The predicted molar refractivity (Wildman–Crippen MR) is 91.8 cm³/mol. The molecule has 1 amide bonds. The second-order valence-electron chi connectivity index (χ2n) is 5.71. The average Bonchev–Trinajstić information content (AvgIpc) is 2.94. The molecule has 23 heavy (non-hydrogen) atoms. The Morgan fingerprint density at radius 2 is 1.65 bits per heavy atom. The SMILES string of the molecule is Cc1cc2cc(c1)C2.Cc1occc1C(=O)Nc1ccccc1. The molecule has 0 saturated heterocycles. The van der Waals surface area contributed by atoms with Crippen LogP contribution in [0.25, 0.3) is 0 Å². The smallest absolute Gasteiger partial charge is 0.259 e. The van der Waals surface area contributed by atoms with Crippen LogP contribution in [0.3, 0.4) is 0 Å². The van der Waals surface area contributed by atoms with Crippen molar-refractivity contribution in [1.29, 1.82) is 0 Å². The molecule has 1 heterocycles. The minimum Gasteiger partial charge on any atom is -0.469 e. The second kappa shape index (κ2) is 6.53. The van der Waals surface area contributed by atoms with Gasteiger partial charge in [0.25, 0.3) is 5.91 Å². The molecule has 3 nitrogen and oxygen atoms in total. The first-order chi connectivity index (χ1) is 11.1. The minimum absolute atomic E-state index is 0.146. The predicted octanol–water partition coefficient (Wildman–Crippen LogP) is 4.74. The Kier molecular flexibility index (Phi) is 4.29. The standard InChI is InChI=1S/C12H11NO2.C8H8/c1-9-11(7-8-15-9)12(14)13-10-5-3-2-4-6-10;1-6-2-7-4-8(3-6)5-7/h2-8H,1H3,(H,13,14);2-4H,5H2,1H3. The van der Waals surface area contributed by atoms with Crippen molar-refractivity contribution in [2.24, 2.45) is 0 Å². The number of para-hydroxylation sites is 1. The van der Waals surface area contributed by atoms with Crippen molar-refractivity contribution >= 4 is 11.6 Å². The van der Waals surface area contributed by atoms with Crippen molar-refractivity contribution in [3.05, 3.63) is 88.9 Å². The number of carbonyl (C=O) groups is 1. The minimum atomic E-state index is -0.146. The van der Waals surface area contributed by atoms with E-state index in [9.17, 15) is 4.79 Å². The van der Waals surface area contributed by atoms with E-state index in [0.29, 0.717) is 11.3 Å². The summed E-state index contributed by atoms with van der Waals surface area (Å²) in [4.78, 5) is 11.7. The van der Waals surface area contributed by atoms with E-state index in [-0.39, 0.29) is 5.91 Å². The van der Waals surface area contributed by atoms with E-state index in [1.54, 1.807) is 13.0 Å². The third-order valence-electron chi connectivity index (χ3n) is 3.74. The summed E-state index contributed by atoms with van der Waals surface area (Å²) >= 11 is 0. The van der Waals surface area contributed by atoms with Crippen molar-refractivity contribution in [2.45, 2.75) is 20.3 Å². The van der Waals surface area contributed by atoms with E-state index in [4.69, 9.17) is 4.42 Å². The van der Waals surface area contributed by atoms with E-state index in [1.165, 1.54) is 29.4 Å². The third-order valence-corrected chi connectivity index (χ3v) is 3.74. The van der Waals surface area contributed by atoms with Gasteiger partial charge in [-0.25, -0.2) is 0 Å². The number of aryl methyl sites for hydroxylation is 2. The molecule has 116 valence electrons. The summed E-state index contributed by atoms with van der Waals surface area (Å²) in [5.41, 5.74) is 5.76. The van der Waals surface area contributed by atoms with Gasteiger partial charge in [-0.05, 0) is 49.6 Å². The first-order valence-electron chi connectivity index (χ1n) is 7.62. The van der Waals surface area contributed by atoms with E-state index in [0.717, 1.165) is 5.69 Å². The molecule has 0 spiro atoms. The van der Waals surface area contributed by atoms with Crippen LogP contribution >= 0.6 is 0 Å². The fourth-order valence-corrected chi connectivity index (χ4v) is 2.60. The maximum Gasteiger partial charge on any atom is 0.259 e. The molecular formula is C20H19NO2. The number of hydrogen-bond donors (Lipinski definition) is 1. The van der Waals surface area contributed by atoms with Gasteiger partial charge in [0.15, 0.2) is 0 Å². The van der Waals surface area contributed by atoms with Crippen LogP contribution in [-0.2, 0) is 6.42 Å². The fourth-order valence-electron chi connectivity index (χ4n) is 2.60. The Balaban J connectivity index is 0.000000162. The van der Waals surface area contributed by atoms with Crippen LogP contribution in [0.1, 0.15) is 32.8 Å². The van der Waals surface area contributed by atoms with Crippen molar-refractivity contribution < 1.29 is 9.21 Å². The Morgan fingerprint density at radius 1 is 1.00 bits per heavy atom. The molecule has 2 aromatic carbocycles. The topological polar surface area (TPSA) is 42.2 Å². The molecular weight excluding hydrogens is 286 g/mol. The maximum atomic E-state index is 11.7. The van der Waals surface area contributed by atoms with Gasteiger partial charge in [-0.2, -0.15) is 0 Å². The summed E-state index contributed by atoms with van der Waals surface area (Å²) in [7, 11) is 0. The molecule has 0 aliphatic heterocycles. The Labute approximate surface area is 136 Å². The maximum absolute atomic E-state index is 11.7. The summed E-state index contributed by atoms with van der Waals surface area (Å²) in [5.74, 6) is 0.482. The van der Waals surface area contributed by atoms with E-state index in [2.05, 4.69) is 30.4 Å². The number of rotatable bonds is 2. The highest BCUT2D eigenvalue weighted by Crippen LogP contribution is 2.22. The number of nitrogens with one attached hydrogen (secondary N) is 1. The van der Waals surface area contributed by atoms with Gasteiger partial charge < -0.3 is 9.73 Å². The Hall–Kier alpha value is -2.81. The molecule has 0 saturated carbocycles. The molecule has 3 heteroatoms. The lowest BCUT2D eigenvalue weighted by Crippen LogP contribution is -2.11. The van der Waals surface area contributed by atoms with Gasteiger partial charge >= 0.3 is 0 Å². The molecule has 2 bridgehead atoms. The first-order valence-corrected chi connectivity index (χ1v) is 7.62. The van der Waals surface area contributed by atoms with Crippen LogP contribution in [0.2, 0.25) is 0 Å². The molecule has 1 N–H and O–H groups in total. The summed E-state index contributed by atoms with van der Waals surface area (Å²) in [6, 6.07) is 17.7. The number of fused-ring (bicyclic) bond motifs is 2. The molecule has 2 aliphatic carbocycles. The van der Waals surface area contributed by atoms with E-state index >= 15 is 0 Å². The molecule has 5 rings (SSSR count). The van der Waals surface area contributed by atoms with Crippen LogP contribution in [0.5, 0.6) is 0 Å². The summed E-state index contributed by atoms with van der Waals surface area (Å²) in [6.45, 7) is 3.91. The van der Waals surface area contributed by atoms with Crippen LogP contribution in [-0.4, -0.2) is 5.91 Å². The van der Waals surface area contributed by atoms with E-state index in [1.807, 2.05) is 30.3 Å². The lowest BCUT2D eigenvalue weighted by Gasteiger charge is -2.14. The number of benzene rings is 2. The lowest BCUT2D eigenvalue weighted by molar-refractivity contribution is 0.102. The molecule has 0 atom stereocenters. The van der Waals surface area contributed by atoms with Crippen LogP contribution < -0.4 is 5.32 Å². The highest BCUT2D eigenvalue weighted by Gasteiger charge is 2.10. The van der Waals surface area contributed by atoms with Gasteiger partial charge in [0.05, 0.1) is 11.8 Å². The van der Waals surface area contributed by atoms with Gasteiger partial charge in [-0.3, -0.25) is 4.79 Å². The Bertz CT molecular complexity index is 797. The van der Waals surface area contributed by atoms with Gasteiger partial charge in [0, 0.05) is 5.69 Å². The molecule has 0 fully saturated rings. The number of carbonyl (C=O) groups excluding carboxylic acids is 1. The van der Waals surface area contributed by atoms with E-state index < -0.39 is 0 Å². The normalized spacial score (nSPS) is 11.0. The highest BCUT2D eigenvalue weighted by atomic mass is 16.3. The van der Waals surface area contributed by atoms with Crippen LogP contribution in [0, 0.1) is 13.8 Å². The lowest BCUT2D eigenvalue weighted by atomic mass is 9.91. The van der Waals surface area contributed by atoms with Gasteiger partial charge in [-0.1, -0.05) is 42.0 Å². The van der Waals surface area contributed by atoms with Crippen molar-refractivity contribution in [3.8, 4) is 0 Å². The molecule has 0 unspecified atom stereocenters. The highest BCUT2D eigenvalue weighted by molar-refractivity contribution is 6.04. The molecule has 3 aromatic rings. The fraction of sp³-hybridized carbons (Fsp3) is 0.150. The van der Waals surface area contributed by atoms with Crippen molar-refractivity contribution in [1.82, 2.24) is 0 Å². The number of hydrogen-bond acceptors (Lipinski definition) is 2. The number of amides is 1. The van der Waals surface area contributed by atoms with Crippen LogP contribution in [0.4, 0.5) is 5.69 Å². The van der Waals surface area contributed by atoms with Crippen molar-refractivity contribution in [3.63, 3.8) is 0 Å². The second-order valence-corrected chi connectivity index (χ2v) is 5.71.